The van der Waals surface area contributed by atoms with Crippen molar-refractivity contribution >= 4 is 17.5 Å². The number of ether oxygens (including phenoxy) is 2. The van der Waals surface area contributed by atoms with Gasteiger partial charge in [0.25, 0.3) is 0 Å². The standard InChI is InChI=1S/C17H24F3N5O2/c1-10(2)21-14-23-13(24-15(25-14)22-11(3)17(18,19)20)12-5-4-6-16(9-12)26-7-8-27-16/h5,10-11H,4,6-9H2,1-3H3,(H2,21,22,23,24,25)/t11-/m1/s1. The summed E-state index contributed by atoms with van der Waals surface area (Å²) in [7, 11) is 0. The third-order valence-electron chi connectivity index (χ3n) is 4.37. The van der Waals surface area contributed by atoms with Crippen LogP contribution in [0.4, 0.5) is 25.1 Å². The maximum atomic E-state index is 12.9. The highest BCUT2D eigenvalue weighted by molar-refractivity contribution is 5.63. The summed E-state index contributed by atoms with van der Waals surface area (Å²) in [6, 6.07) is -1.77. The fourth-order valence-electron chi connectivity index (χ4n) is 3.01. The molecule has 0 bridgehead atoms. The Labute approximate surface area is 155 Å². The van der Waals surface area contributed by atoms with Crippen molar-refractivity contribution in [3.8, 4) is 0 Å². The monoisotopic (exact) mass is 387 g/mol. The maximum absolute atomic E-state index is 12.9. The minimum absolute atomic E-state index is 0.0151. The quantitative estimate of drug-likeness (QED) is 0.802. The van der Waals surface area contributed by atoms with E-state index in [4.69, 9.17) is 9.47 Å². The number of nitrogens with one attached hydrogen (secondary N) is 2. The van der Waals surface area contributed by atoms with Crippen molar-refractivity contribution in [1.29, 1.82) is 0 Å². The van der Waals surface area contributed by atoms with Gasteiger partial charge in [0.1, 0.15) is 6.04 Å². The Kier molecular flexibility index (Phi) is 5.57. The average molecular weight is 387 g/mol. The second-order valence-electron chi connectivity index (χ2n) is 7.07. The van der Waals surface area contributed by atoms with E-state index in [1.807, 2.05) is 19.9 Å². The van der Waals surface area contributed by atoms with E-state index in [0.717, 1.165) is 25.3 Å². The predicted octanol–water partition coefficient (Wildman–Crippen LogP) is 3.37. The zero-order valence-electron chi connectivity index (χ0n) is 15.6. The number of anilines is 2. The molecule has 1 atom stereocenters. The molecule has 0 unspecified atom stereocenters. The Morgan fingerprint density at radius 2 is 1.67 bits per heavy atom. The SMILES string of the molecule is CC(C)Nc1nc(N[C@H](C)C(F)(F)F)nc(C2=CCCC3(C2)OCCO3)n1. The first-order valence-electron chi connectivity index (χ1n) is 9.00. The van der Waals surface area contributed by atoms with Crippen LogP contribution in [-0.2, 0) is 9.47 Å². The van der Waals surface area contributed by atoms with Crippen molar-refractivity contribution in [1.82, 2.24) is 15.0 Å². The maximum Gasteiger partial charge on any atom is 0.408 e. The van der Waals surface area contributed by atoms with E-state index in [0.29, 0.717) is 25.5 Å². The molecule has 0 radical (unpaired) electrons. The number of hydrogen-bond acceptors (Lipinski definition) is 7. The van der Waals surface area contributed by atoms with Crippen molar-refractivity contribution in [2.45, 2.75) is 64.1 Å². The molecule has 1 aliphatic heterocycles. The lowest BCUT2D eigenvalue weighted by Gasteiger charge is -2.31. The number of alkyl halides is 3. The first kappa shape index (κ1) is 19.8. The van der Waals surface area contributed by atoms with Gasteiger partial charge in [0.15, 0.2) is 11.6 Å². The third-order valence-corrected chi connectivity index (χ3v) is 4.37. The zero-order chi connectivity index (χ0) is 19.7. The van der Waals surface area contributed by atoms with Crippen LogP contribution in [0, 0.1) is 0 Å². The van der Waals surface area contributed by atoms with Crippen LogP contribution in [0.3, 0.4) is 0 Å². The van der Waals surface area contributed by atoms with Gasteiger partial charge >= 0.3 is 6.18 Å². The van der Waals surface area contributed by atoms with Crippen molar-refractivity contribution in [3.63, 3.8) is 0 Å². The smallest absolute Gasteiger partial charge is 0.352 e. The molecular weight excluding hydrogens is 363 g/mol. The van der Waals surface area contributed by atoms with Gasteiger partial charge in [-0.25, -0.2) is 0 Å². The van der Waals surface area contributed by atoms with Crippen molar-refractivity contribution in [3.05, 3.63) is 11.9 Å². The molecule has 1 aliphatic carbocycles. The van der Waals surface area contributed by atoms with Crippen LogP contribution < -0.4 is 10.6 Å². The van der Waals surface area contributed by atoms with Crippen molar-refractivity contribution in [2.24, 2.45) is 0 Å². The highest BCUT2D eigenvalue weighted by Gasteiger charge is 2.40. The van der Waals surface area contributed by atoms with Crippen LogP contribution in [-0.4, -0.2) is 52.2 Å². The first-order chi connectivity index (χ1) is 12.7. The number of allylic oxidation sites excluding steroid dienone is 1. The first-order valence-corrected chi connectivity index (χ1v) is 9.00. The molecule has 2 aliphatic rings. The Bertz CT molecular complexity index is 702. The Hall–Kier alpha value is -1.94. The van der Waals surface area contributed by atoms with Gasteiger partial charge in [-0.1, -0.05) is 6.08 Å². The van der Waals surface area contributed by atoms with Crippen LogP contribution in [0.25, 0.3) is 5.57 Å². The molecule has 0 amide bonds. The lowest BCUT2D eigenvalue weighted by molar-refractivity contribution is -0.158. The molecule has 2 heterocycles. The van der Waals surface area contributed by atoms with Gasteiger partial charge in [-0.15, -0.1) is 0 Å². The Balaban J connectivity index is 1.89. The summed E-state index contributed by atoms with van der Waals surface area (Å²) < 4.78 is 50.2. The number of rotatable bonds is 5. The van der Waals surface area contributed by atoms with Gasteiger partial charge in [0.2, 0.25) is 11.9 Å². The number of nitrogens with zero attached hydrogens (tertiary/aromatic N) is 3. The molecule has 0 aromatic carbocycles. The van der Waals surface area contributed by atoms with E-state index in [1.54, 1.807) is 0 Å². The molecule has 3 rings (SSSR count). The Morgan fingerprint density at radius 3 is 2.26 bits per heavy atom. The molecular formula is C17H24F3N5O2. The molecule has 7 nitrogen and oxygen atoms in total. The summed E-state index contributed by atoms with van der Waals surface area (Å²) >= 11 is 0. The third kappa shape index (κ3) is 4.86. The second kappa shape index (κ2) is 7.59. The average Bonchev–Trinajstić information content (AvgIpc) is 3.00. The summed E-state index contributed by atoms with van der Waals surface area (Å²) in [5.74, 6) is -0.263. The van der Waals surface area contributed by atoms with E-state index < -0.39 is 18.0 Å². The van der Waals surface area contributed by atoms with E-state index in [9.17, 15) is 13.2 Å². The topological polar surface area (TPSA) is 81.2 Å². The zero-order valence-corrected chi connectivity index (χ0v) is 15.6. The highest BCUT2D eigenvalue weighted by atomic mass is 19.4. The second-order valence-corrected chi connectivity index (χ2v) is 7.07. The molecule has 27 heavy (non-hydrogen) atoms. The number of aromatic nitrogens is 3. The lowest BCUT2D eigenvalue weighted by atomic mass is 9.93. The molecule has 1 aromatic heterocycles. The van der Waals surface area contributed by atoms with Crippen LogP contribution in [0.5, 0.6) is 0 Å². The van der Waals surface area contributed by atoms with Gasteiger partial charge in [-0.2, -0.15) is 28.1 Å². The van der Waals surface area contributed by atoms with Gasteiger partial charge in [-0.3, -0.25) is 0 Å². The molecule has 1 aromatic rings. The van der Waals surface area contributed by atoms with Crippen LogP contribution in [0.15, 0.2) is 6.08 Å². The molecule has 2 N–H and O–H groups in total. The van der Waals surface area contributed by atoms with Crippen molar-refractivity contribution in [2.75, 3.05) is 23.8 Å². The predicted molar refractivity (Wildman–Crippen MR) is 94.2 cm³/mol. The Morgan fingerprint density at radius 1 is 1.04 bits per heavy atom. The van der Waals surface area contributed by atoms with E-state index in [-0.39, 0.29) is 17.9 Å². The highest BCUT2D eigenvalue weighted by Crippen LogP contribution is 2.39. The number of hydrogen-bond donors (Lipinski definition) is 2. The van der Waals surface area contributed by atoms with Gasteiger partial charge in [-0.05, 0) is 32.8 Å². The fraction of sp³-hybridized carbons (Fsp3) is 0.706. The van der Waals surface area contributed by atoms with Gasteiger partial charge in [0.05, 0.1) is 13.2 Å². The molecule has 0 saturated carbocycles. The normalized spacial score (nSPS) is 20.6. The summed E-state index contributed by atoms with van der Waals surface area (Å²) in [6.07, 6.45) is -0.531. The minimum atomic E-state index is -4.40. The molecule has 1 fully saturated rings. The van der Waals surface area contributed by atoms with Crippen LogP contribution in [0.1, 0.15) is 45.9 Å². The van der Waals surface area contributed by atoms with E-state index >= 15 is 0 Å². The van der Waals surface area contributed by atoms with Gasteiger partial charge < -0.3 is 20.1 Å². The van der Waals surface area contributed by atoms with Gasteiger partial charge in [0, 0.05) is 18.9 Å². The molecule has 1 saturated heterocycles. The summed E-state index contributed by atoms with van der Waals surface area (Å²) in [5.41, 5.74) is 0.778. The summed E-state index contributed by atoms with van der Waals surface area (Å²) in [5, 5.41) is 5.34. The molecule has 150 valence electrons. The minimum Gasteiger partial charge on any atom is -0.352 e. The van der Waals surface area contributed by atoms with Crippen LogP contribution in [0.2, 0.25) is 0 Å². The van der Waals surface area contributed by atoms with E-state index in [2.05, 4.69) is 25.6 Å². The largest absolute Gasteiger partial charge is 0.408 e. The van der Waals surface area contributed by atoms with Crippen molar-refractivity contribution < 1.29 is 22.6 Å². The molecule has 1 spiro atoms. The summed E-state index contributed by atoms with van der Waals surface area (Å²) in [6.45, 7) is 5.86. The fourth-order valence-corrected chi connectivity index (χ4v) is 3.01. The number of halogens is 3. The van der Waals surface area contributed by atoms with Crippen LogP contribution >= 0.6 is 0 Å². The molecule has 10 heteroatoms. The van der Waals surface area contributed by atoms with E-state index in [1.165, 1.54) is 0 Å². The summed E-state index contributed by atoms with van der Waals surface area (Å²) in [4.78, 5) is 12.7. The lowest BCUT2D eigenvalue weighted by Crippen LogP contribution is -2.34.